The molecule has 0 aliphatic rings. The van der Waals surface area contributed by atoms with Crippen molar-refractivity contribution in [3.8, 4) is 33.9 Å². The number of carboxylic acid groups (broad SMARTS) is 1. The molecule has 0 amide bonds. The number of aromatic nitrogens is 1. The van der Waals surface area contributed by atoms with E-state index in [0.717, 1.165) is 16.7 Å². The van der Waals surface area contributed by atoms with Crippen LogP contribution >= 0.6 is 0 Å². The Kier molecular flexibility index (Phi) is 4.91. The fourth-order valence-corrected chi connectivity index (χ4v) is 3.74. The number of furan rings is 1. The lowest BCUT2D eigenvalue weighted by molar-refractivity contribution is -0.384. The topological polar surface area (TPSA) is 106 Å². The van der Waals surface area contributed by atoms with Crippen molar-refractivity contribution in [2.45, 2.75) is 0 Å². The van der Waals surface area contributed by atoms with Crippen molar-refractivity contribution in [3.63, 3.8) is 0 Å². The summed E-state index contributed by atoms with van der Waals surface area (Å²) in [5.74, 6) is -0.186. The zero-order chi connectivity index (χ0) is 22.9. The van der Waals surface area contributed by atoms with Gasteiger partial charge in [0.05, 0.1) is 16.0 Å². The molecular formula is C26H16N2O5. The highest BCUT2D eigenvalue weighted by molar-refractivity contribution is 6.04. The van der Waals surface area contributed by atoms with E-state index in [1.807, 2.05) is 60.7 Å². The van der Waals surface area contributed by atoms with Gasteiger partial charge in [0.15, 0.2) is 5.76 Å². The van der Waals surface area contributed by atoms with Gasteiger partial charge in [-0.3, -0.25) is 10.1 Å². The van der Waals surface area contributed by atoms with E-state index in [0.29, 0.717) is 22.7 Å². The van der Waals surface area contributed by atoms with Gasteiger partial charge in [-0.05, 0) is 41.5 Å². The third kappa shape index (κ3) is 3.83. The standard InChI is InChI=1S/C26H16N2O5/c29-26(30)21-15-23(27-22-10-9-19(28(31)32)14-20(21)22)25-12-11-24(33-25)18-8-4-7-17(13-18)16-5-2-1-3-6-16/h1-15H,(H,29,30). The van der Waals surface area contributed by atoms with Crippen LogP contribution in [0.5, 0.6) is 0 Å². The number of hydrogen-bond acceptors (Lipinski definition) is 5. The van der Waals surface area contributed by atoms with Crippen molar-refractivity contribution in [1.29, 1.82) is 0 Å². The summed E-state index contributed by atoms with van der Waals surface area (Å²) >= 11 is 0. The monoisotopic (exact) mass is 436 g/mol. The summed E-state index contributed by atoms with van der Waals surface area (Å²) in [4.78, 5) is 26.9. The number of hydrogen-bond donors (Lipinski definition) is 1. The second kappa shape index (κ2) is 8.05. The molecule has 0 spiro atoms. The second-order valence-electron chi connectivity index (χ2n) is 7.43. The predicted octanol–water partition coefficient (Wildman–Crippen LogP) is 6.44. The smallest absolute Gasteiger partial charge is 0.336 e. The molecule has 0 aliphatic carbocycles. The Labute approximate surface area is 187 Å². The van der Waals surface area contributed by atoms with Gasteiger partial charge >= 0.3 is 5.97 Å². The van der Waals surface area contributed by atoms with Crippen LogP contribution in [0, 0.1) is 10.1 Å². The van der Waals surface area contributed by atoms with Gasteiger partial charge in [-0.25, -0.2) is 9.78 Å². The van der Waals surface area contributed by atoms with Gasteiger partial charge in [-0.2, -0.15) is 0 Å². The van der Waals surface area contributed by atoms with E-state index in [-0.39, 0.29) is 16.6 Å². The molecule has 0 unspecified atom stereocenters. The van der Waals surface area contributed by atoms with E-state index in [1.165, 1.54) is 24.3 Å². The number of aromatic carboxylic acids is 1. The Morgan fingerprint density at radius 2 is 1.55 bits per heavy atom. The maximum atomic E-state index is 11.9. The van der Waals surface area contributed by atoms with Crippen molar-refractivity contribution in [1.82, 2.24) is 4.98 Å². The summed E-state index contributed by atoms with van der Waals surface area (Å²) in [6.45, 7) is 0. The fraction of sp³-hybridized carbons (Fsp3) is 0. The normalized spacial score (nSPS) is 10.9. The highest BCUT2D eigenvalue weighted by Crippen LogP contribution is 2.33. The SMILES string of the molecule is O=C(O)c1cc(-c2ccc(-c3cccc(-c4ccccc4)c3)o2)nc2ccc([N+](=O)[O-])cc12. The van der Waals surface area contributed by atoms with E-state index < -0.39 is 10.9 Å². The minimum absolute atomic E-state index is 0.0808. The Balaban J connectivity index is 1.56. The van der Waals surface area contributed by atoms with Crippen LogP contribution in [0.15, 0.2) is 95.4 Å². The number of pyridine rings is 1. The summed E-state index contributed by atoms with van der Waals surface area (Å²) in [6, 6.07) is 26.8. The molecule has 33 heavy (non-hydrogen) atoms. The number of benzene rings is 3. The minimum atomic E-state index is -1.20. The number of fused-ring (bicyclic) bond motifs is 1. The summed E-state index contributed by atoms with van der Waals surface area (Å²) in [6.07, 6.45) is 0. The zero-order valence-electron chi connectivity index (χ0n) is 17.1. The Morgan fingerprint density at radius 1 is 0.818 bits per heavy atom. The van der Waals surface area contributed by atoms with Crippen LogP contribution in [0.4, 0.5) is 5.69 Å². The van der Waals surface area contributed by atoms with Gasteiger partial charge in [0.1, 0.15) is 11.5 Å². The predicted molar refractivity (Wildman–Crippen MR) is 124 cm³/mol. The molecule has 3 aromatic carbocycles. The van der Waals surface area contributed by atoms with Gasteiger partial charge in [0.2, 0.25) is 0 Å². The molecule has 5 aromatic rings. The highest BCUT2D eigenvalue weighted by Gasteiger charge is 2.18. The van der Waals surface area contributed by atoms with Crippen LogP contribution in [0.3, 0.4) is 0 Å². The fourth-order valence-electron chi connectivity index (χ4n) is 3.74. The lowest BCUT2D eigenvalue weighted by Crippen LogP contribution is -2.01. The minimum Gasteiger partial charge on any atom is -0.478 e. The summed E-state index contributed by atoms with van der Waals surface area (Å²) in [7, 11) is 0. The Hall–Kier alpha value is -4.78. The van der Waals surface area contributed by atoms with Crippen LogP contribution in [-0.4, -0.2) is 21.0 Å². The van der Waals surface area contributed by atoms with Crippen molar-refractivity contribution >= 4 is 22.6 Å². The van der Waals surface area contributed by atoms with Gasteiger partial charge in [-0.15, -0.1) is 0 Å². The molecule has 1 N–H and O–H groups in total. The molecule has 0 bridgehead atoms. The number of nitro benzene ring substituents is 1. The molecular weight excluding hydrogens is 420 g/mol. The van der Waals surface area contributed by atoms with E-state index in [9.17, 15) is 20.0 Å². The molecule has 0 fully saturated rings. The van der Waals surface area contributed by atoms with Crippen molar-refractivity contribution < 1.29 is 19.2 Å². The van der Waals surface area contributed by atoms with Gasteiger partial charge in [-0.1, -0.05) is 48.5 Å². The molecule has 160 valence electrons. The first-order chi connectivity index (χ1) is 16.0. The molecule has 0 saturated carbocycles. The number of carbonyl (C=O) groups is 1. The molecule has 2 heterocycles. The maximum Gasteiger partial charge on any atom is 0.336 e. The first kappa shape index (κ1) is 20.1. The van der Waals surface area contributed by atoms with E-state index in [2.05, 4.69) is 4.98 Å². The van der Waals surface area contributed by atoms with E-state index in [4.69, 9.17) is 4.42 Å². The molecule has 0 radical (unpaired) electrons. The number of rotatable bonds is 5. The van der Waals surface area contributed by atoms with Gasteiger partial charge < -0.3 is 9.52 Å². The quantitative estimate of drug-likeness (QED) is 0.251. The number of nitro groups is 1. The summed E-state index contributed by atoms with van der Waals surface area (Å²) in [5, 5.41) is 21.0. The molecule has 0 aliphatic heterocycles. The average molecular weight is 436 g/mol. The molecule has 5 rings (SSSR count). The van der Waals surface area contributed by atoms with Crippen LogP contribution in [0.1, 0.15) is 10.4 Å². The zero-order valence-corrected chi connectivity index (χ0v) is 17.1. The summed E-state index contributed by atoms with van der Waals surface area (Å²) in [5.41, 5.74) is 3.39. The largest absolute Gasteiger partial charge is 0.478 e. The molecule has 0 saturated heterocycles. The van der Waals surface area contributed by atoms with Crippen molar-refractivity contribution in [3.05, 3.63) is 107 Å². The Morgan fingerprint density at radius 3 is 2.30 bits per heavy atom. The molecule has 2 aromatic heterocycles. The van der Waals surface area contributed by atoms with Crippen molar-refractivity contribution in [2.75, 3.05) is 0 Å². The molecule has 7 nitrogen and oxygen atoms in total. The second-order valence-corrected chi connectivity index (χ2v) is 7.43. The van der Waals surface area contributed by atoms with Crippen LogP contribution in [0.25, 0.3) is 44.8 Å². The molecule has 7 heteroatoms. The van der Waals surface area contributed by atoms with E-state index in [1.54, 1.807) is 6.07 Å². The summed E-state index contributed by atoms with van der Waals surface area (Å²) < 4.78 is 6.03. The van der Waals surface area contributed by atoms with E-state index >= 15 is 0 Å². The van der Waals surface area contributed by atoms with Crippen LogP contribution in [-0.2, 0) is 0 Å². The average Bonchev–Trinajstić information content (AvgIpc) is 3.34. The number of non-ortho nitro benzene ring substituents is 1. The van der Waals surface area contributed by atoms with Crippen LogP contribution in [0.2, 0.25) is 0 Å². The van der Waals surface area contributed by atoms with Gasteiger partial charge in [0.25, 0.3) is 5.69 Å². The first-order valence-electron chi connectivity index (χ1n) is 10.1. The molecule has 0 atom stereocenters. The maximum absolute atomic E-state index is 11.9. The number of carboxylic acids is 1. The Bertz CT molecular complexity index is 1520. The number of nitrogens with zero attached hydrogens (tertiary/aromatic N) is 2. The first-order valence-corrected chi connectivity index (χ1v) is 10.1. The lowest BCUT2D eigenvalue weighted by Gasteiger charge is -2.06. The van der Waals surface area contributed by atoms with Crippen molar-refractivity contribution in [2.24, 2.45) is 0 Å². The highest BCUT2D eigenvalue weighted by atomic mass is 16.6. The third-order valence-corrected chi connectivity index (χ3v) is 5.35. The lowest BCUT2D eigenvalue weighted by atomic mass is 10.0. The van der Waals surface area contributed by atoms with Crippen LogP contribution < -0.4 is 0 Å². The third-order valence-electron chi connectivity index (χ3n) is 5.35. The van der Waals surface area contributed by atoms with Gasteiger partial charge in [0, 0.05) is 23.1 Å².